The second-order valence-electron chi connectivity index (χ2n) is 10.5. The van der Waals surface area contributed by atoms with Crippen LogP contribution < -0.4 is 16.0 Å². The number of hydrogen-bond acceptors (Lipinski definition) is 7. The van der Waals surface area contributed by atoms with Crippen molar-refractivity contribution in [1.29, 1.82) is 0 Å². The Morgan fingerprint density at radius 3 is 2.56 bits per heavy atom. The number of carbonyl (C=O) groups is 3. The number of amides is 3. The van der Waals surface area contributed by atoms with Crippen LogP contribution in [0.1, 0.15) is 57.3 Å². The summed E-state index contributed by atoms with van der Waals surface area (Å²) in [6.45, 7) is 8.25. The standard InChI is InChI=1S/C24H34N6O4/c1-13(25-5)21(31)27-20(24(2,3)4)23(33)30-11-10-14-6-9-17(19(14)30)26-22(32)15-7-8-16-18(12-15)29-34-28-16/h7-8,12-14,17,19-20,25H,6,9-11H2,1-5H3,(H,26,32)(H,27,31)/t13-,14+,17-,19-,20+/m0/s1. The van der Waals surface area contributed by atoms with Crippen molar-refractivity contribution in [3.8, 4) is 0 Å². The molecule has 2 aliphatic rings. The summed E-state index contributed by atoms with van der Waals surface area (Å²) >= 11 is 0. The highest BCUT2D eigenvalue weighted by atomic mass is 16.6. The largest absolute Gasteiger partial charge is 0.347 e. The number of likely N-dealkylation sites (tertiary alicyclic amines) is 1. The monoisotopic (exact) mass is 470 g/mol. The number of fused-ring (bicyclic) bond motifs is 2. The highest BCUT2D eigenvalue weighted by Crippen LogP contribution is 2.39. The summed E-state index contributed by atoms with van der Waals surface area (Å²) in [6, 6.07) is 3.75. The Balaban J connectivity index is 1.50. The van der Waals surface area contributed by atoms with Gasteiger partial charge in [-0.05, 0) is 73.1 Å². The molecule has 0 bridgehead atoms. The number of rotatable bonds is 6. The van der Waals surface area contributed by atoms with Gasteiger partial charge in [0.2, 0.25) is 11.8 Å². The Labute approximate surface area is 199 Å². The van der Waals surface area contributed by atoms with Gasteiger partial charge < -0.3 is 20.9 Å². The molecule has 1 aliphatic heterocycles. The Hall–Kier alpha value is -3.01. The van der Waals surface area contributed by atoms with Gasteiger partial charge in [0.25, 0.3) is 5.91 Å². The maximum Gasteiger partial charge on any atom is 0.251 e. The summed E-state index contributed by atoms with van der Waals surface area (Å²) in [5.74, 6) is -0.171. The first-order valence-electron chi connectivity index (χ1n) is 11.9. The molecule has 5 atom stereocenters. The predicted molar refractivity (Wildman–Crippen MR) is 126 cm³/mol. The van der Waals surface area contributed by atoms with Gasteiger partial charge in [0, 0.05) is 18.2 Å². The first kappa shape index (κ1) is 24.1. The average Bonchev–Trinajstić information content (AvgIpc) is 3.52. The van der Waals surface area contributed by atoms with Crippen LogP contribution in [0.15, 0.2) is 22.8 Å². The van der Waals surface area contributed by atoms with Gasteiger partial charge in [-0.2, -0.15) is 0 Å². The molecule has 1 saturated heterocycles. The summed E-state index contributed by atoms with van der Waals surface area (Å²) in [7, 11) is 1.71. The van der Waals surface area contributed by atoms with Gasteiger partial charge in [0.15, 0.2) is 0 Å². The Kier molecular flexibility index (Phi) is 6.62. The van der Waals surface area contributed by atoms with Gasteiger partial charge in [-0.15, -0.1) is 0 Å². The minimum absolute atomic E-state index is 0.0858. The molecule has 34 heavy (non-hydrogen) atoms. The molecule has 1 aromatic carbocycles. The van der Waals surface area contributed by atoms with E-state index < -0.39 is 17.5 Å². The number of likely N-dealkylation sites (N-methyl/N-ethyl adjacent to an activating group) is 1. The van der Waals surface area contributed by atoms with Gasteiger partial charge >= 0.3 is 0 Å². The number of nitrogens with zero attached hydrogens (tertiary/aromatic N) is 3. The zero-order valence-electron chi connectivity index (χ0n) is 20.4. The fraction of sp³-hybridized carbons (Fsp3) is 0.625. The molecule has 0 spiro atoms. The van der Waals surface area contributed by atoms with Crippen LogP contribution in [0.5, 0.6) is 0 Å². The van der Waals surface area contributed by atoms with E-state index >= 15 is 0 Å². The van der Waals surface area contributed by atoms with Gasteiger partial charge in [0.05, 0.1) is 12.1 Å². The van der Waals surface area contributed by atoms with Gasteiger partial charge in [-0.25, -0.2) is 4.63 Å². The first-order valence-corrected chi connectivity index (χ1v) is 11.9. The van der Waals surface area contributed by atoms with E-state index in [4.69, 9.17) is 4.63 Å². The normalized spacial score (nSPS) is 24.0. The van der Waals surface area contributed by atoms with Crippen molar-refractivity contribution in [3.63, 3.8) is 0 Å². The number of benzene rings is 1. The lowest BCUT2D eigenvalue weighted by Gasteiger charge is -2.37. The van der Waals surface area contributed by atoms with Crippen LogP contribution in [0.3, 0.4) is 0 Å². The SMILES string of the molecule is CN[C@@H](C)C(=O)N[C@H](C(=O)N1CC[C@H]2CC[C@H](NC(=O)c3ccc4nonc4c3)[C@H]21)C(C)(C)C. The lowest BCUT2D eigenvalue weighted by molar-refractivity contribution is -0.141. The third-order valence-electron chi connectivity index (χ3n) is 7.19. The number of hydrogen-bond donors (Lipinski definition) is 3. The van der Waals surface area contributed by atoms with Crippen molar-refractivity contribution >= 4 is 28.8 Å². The highest BCUT2D eigenvalue weighted by molar-refractivity contribution is 5.97. The molecule has 2 aromatic rings. The van der Waals surface area contributed by atoms with Crippen LogP contribution in [-0.2, 0) is 9.59 Å². The Morgan fingerprint density at radius 2 is 1.85 bits per heavy atom. The zero-order valence-corrected chi connectivity index (χ0v) is 20.4. The molecule has 10 nitrogen and oxygen atoms in total. The molecular weight excluding hydrogens is 436 g/mol. The summed E-state index contributed by atoms with van der Waals surface area (Å²) < 4.78 is 4.72. The molecule has 184 valence electrons. The van der Waals surface area contributed by atoms with Crippen LogP contribution in [0.2, 0.25) is 0 Å². The third kappa shape index (κ3) is 4.64. The van der Waals surface area contributed by atoms with E-state index in [1.165, 1.54) is 0 Å². The molecule has 1 aliphatic carbocycles. The van der Waals surface area contributed by atoms with E-state index in [2.05, 4.69) is 26.3 Å². The minimum Gasteiger partial charge on any atom is -0.347 e. The fourth-order valence-corrected chi connectivity index (χ4v) is 5.11. The van der Waals surface area contributed by atoms with E-state index in [-0.39, 0.29) is 29.8 Å². The molecule has 0 unspecified atom stereocenters. The molecule has 3 amide bonds. The molecule has 2 heterocycles. The van der Waals surface area contributed by atoms with Crippen molar-refractivity contribution < 1.29 is 19.0 Å². The van der Waals surface area contributed by atoms with Crippen LogP contribution in [0, 0.1) is 11.3 Å². The summed E-state index contributed by atoms with van der Waals surface area (Å²) in [4.78, 5) is 41.3. The van der Waals surface area contributed by atoms with Gasteiger partial charge in [0.1, 0.15) is 17.1 Å². The summed E-state index contributed by atoms with van der Waals surface area (Å²) in [5, 5.41) is 16.6. The summed E-state index contributed by atoms with van der Waals surface area (Å²) in [5.41, 5.74) is 1.13. The Morgan fingerprint density at radius 1 is 1.12 bits per heavy atom. The topological polar surface area (TPSA) is 129 Å². The van der Waals surface area contributed by atoms with E-state index in [1.807, 2.05) is 25.7 Å². The molecule has 0 radical (unpaired) electrons. The molecule has 2 fully saturated rings. The van der Waals surface area contributed by atoms with E-state index in [1.54, 1.807) is 32.2 Å². The minimum atomic E-state index is -0.659. The number of aromatic nitrogens is 2. The number of nitrogens with one attached hydrogen (secondary N) is 3. The Bertz CT molecular complexity index is 1080. The first-order chi connectivity index (χ1) is 16.1. The van der Waals surface area contributed by atoms with E-state index in [0.717, 1.165) is 19.3 Å². The second kappa shape index (κ2) is 9.32. The van der Waals surface area contributed by atoms with Gasteiger partial charge in [-0.3, -0.25) is 14.4 Å². The van der Waals surface area contributed by atoms with Crippen LogP contribution in [0.25, 0.3) is 11.0 Å². The van der Waals surface area contributed by atoms with Crippen molar-refractivity contribution in [2.24, 2.45) is 11.3 Å². The maximum absolute atomic E-state index is 13.8. The van der Waals surface area contributed by atoms with Crippen molar-refractivity contribution in [2.45, 2.75) is 71.1 Å². The van der Waals surface area contributed by atoms with Crippen molar-refractivity contribution in [3.05, 3.63) is 23.8 Å². The van der Waals surface area contributed by atoms with Crippen molar-refractivity contribution in [2.75, 3.05) is 13.6 Å². The molecule has 1 aromatic heterocycles. The average molecular weight is 471 g/mol. The lowest BCUT2D eigenvalue weighted by atomic mass is 9.85. The molecule has 10 heteroatoms. The zero-order chi connectivity index (χ0) is 24.6. The van der Waals surface area contributed by atoms with Crippen LogP contribution in [0.4, 0.5) is 0 Å². The molecule has 1 saturated carbocycles. The maximum atomic E-state index is 13.8. The summed E-state index contributed by atoms with van der Waals surface area (Å²) in [6.07, 6.45) is 2.66. The highest BCUT2D eigenvalue weighted by Gasteiger charge is 2.49. The molecule has 3 N–H and O–H groups in total. The molecular formula is C24H34N6O4. The van der Waals surface area contributed by atoms with Crippen LogP contribution >= 0.6 is 0 Å². The fourth-order valence-electron chi connectivity index (χ4n) is 5.11. The number of carbonyl (C=O) groups excluding carboxylic acids is 3. The van der Waals surface area contributed by atoms with E-state index in [0.29, 0.717) is 29.1 Å². The molecule has 4 rings (SSSR count). The van der Waals surface area contributed by atoms with E-state index in [9.17, 15) is 14.4 Å². The lowest BCUT2D eigenvalue weighted by Crippen LogP contribution is -2.60. The quantitative estimate of drug-likeness (QED) is 0.583. The third-order valence-corrected chi connectivity index (χ3v) is 7.19. The predicted octanol–water partition coefficient (Wildman–Crippen LogP) is 1.47. The van der Waals surface area contributed by atoms with Crippen LogP contribution in [-0.4, -0.2) is 70.7 Å². The second-order valence-corrected chi connectivity index (χ2v) is 10.5. The van der Waals surface area contributed by atoms with Gasteiger partial charge in [-0.1, -0.05) is 20.8 Å². The smallest absolute Gasteiger partial charge is 0.251 e. The van der Waals surface area contributed by atoms with Crippen molar-refractivity contribution in [1.82, 2.24) is 31.2 Å².